The molecule has 0 fully saturated rings. The minimum Gasteiger partial charge on any atom is -0.354 e. The third-order valence-corrected chi connectivity index (χ3v) is 3.36. The molecule has 5 nitrogen and oxygen atoms in total. The Balaban J connectivity index is 2.04. The molecule has 1 aromatic heterocycles. The van der Waals surface area contributed by atoms with E-state index in [9.17, 15) is 4.79 Å². The molecule has 2 N–H and O–H groups in total. The summed E-state index contributed by atoms with van der Waals surface area (Å²) in [5, 5.41) is 6.56. The van der Waals surface area contributed by atoms with Crippen LogP contribution in [0.2, 0.25) is 10.0 Å². The second-order valence-corrected chi connectivity index (χ2v) is 5.12. The number of amides is 1. The summed E-state index contributed by atoms with van der Waals surface area (Å²) in [5.74, 6) is 0.193. The number of aromatic nitrogens is 2. The highest BCUT2D eigenvalue weighted by atomic mass is 35.5. The summed E-state index contributed by atoms with van der Waals surface area (Å²) in [5.41, 5.74) is 0.922. The molecule has 0 bridgehead atoms. The lowest BCUT2D eigenvalue weighted by Crippen LogP contribution is -2.13. The van der Waals surface area contributed by atoms with Gasteiger partial charge in [0.2, 0.25) is 5.95 Å². The second-order valence-electron chi connectivity index (χ2n) is 4.31. The minimum absolute atomic E-state index is 0.310. The van der Waals surface area contributed by atoms with E-state index >= 15 is 0 Å². The molecule has 0 radical (unpaired) electrons. The van der Waals surface area contributed by atoms with Crippen LogP contribution in [0, 0.1) is 0 Å². The predicted octanol–water partition coefficient (Wildman–Crippen LogP) is 3.86. The van der Waals surface area contributed by atoms with E-state index in [1.165, 1.54) is 12.4 Å². The van der Waals surface area contributed by atoms with Gasteiger partial charge in [-0.3, -0.25) is 4.79 Å². The standard InChI is InChI=1S/C14H14Cl2N4O/c1-2-5-17-14-18-7-9(8-19-14)13(21)20-10-3-4-11(15)12(16)6-10/h3-4,6-8H,2,5H2,1H3,(H,20,21)(H,17,18,19). The molecule has 7 heteroatoms. The van der Waals surface area contributed by atoms with E-state index in [1.807, 2.05) is 6.92 Å². The van der Waals surface area contributed by atoms with Gasteiger partial charge in [0.1, 0.15) is 0 Å². The third-order valence-electron chi connectivity index (χ3n) is 2.62. The van der Waals surface area contributed by atoms with E-state index < -0.39 is 0 Å². The lowest BCUT2D eigenvalue weighted by atomic mass is 10.3. The number of carbonyl (C=O) groups is 1. The first-order valence-corrected chi connectivity index (χ1v) is 7.18. The van der Waals surface area contributed by atoms with E-state index in [4.69, 9.17) is 23.2 Å². The molecule has 2 aromatic rings. The molecule has 1 aromatic carbocycles. The van der Waals surface area contributed by atoms with Gasteiger partial charge in [0.25, 0.3) is 5.91 Å². The molecule has 110 valence electrons. The number of nitrogens with zero attached hydrogens (tertiary/aromatic N) is 2. The normalized spacial score (nSPS) is 10.2. The van der Waals surface area contributed by atoms with Crippen molar-refractivity contribution < 1.29 is 4.79 Å². The predicted molar refractivity (Wildman–Crippen MR) is 85.2 cm³/mol. The van der Waals surface area contributed by atoms with Crippen LogP contribution in [-0.2, 0) is 0 Å². The summed E-state index contributed by atoms with van der Waals surface area (Å²) in [7, 11) is 0. The van der Waals surface area contributed by atoms with Gasteiger partial charge in [-0.05, 0) is 24.6 Å². The van der Waals surface area contributed by atoms with Crippen LogP contribution in [0.1, 0.15) is 23.7 Å². The van der Waals surface area contributed by atoms with Gasteiger partial charge in [-0.25, -0.2) is 9.97 Å². The third kappa shape index (κ3) is 4.31. The number of hydrogen-bond acceptors (Lipinski definition) is 4. The van der Waals surface area contributed by atoms with Crippen LogP contribution in [0.15, 0.2) is 30.6 Å². The van der Waals surface area contributed by atoms with Gasteiger partial charge in [0.15, 0.2) is 0 Å². The van der Waals surface area contributed by atoms with Crippen LogP contribution in [0.25, 0.3) is 0 Å². The monoisotopic (exact) mass is 324 g/mol. The summed E-state index contributed by atoms with van der Waals surface area (Å²) in [6.45, 7) is 2.83. The molecule has 0 spiro atoms. The summed E-state index contributed by atoms with van der Waals surface area (Å²) in [4.78, 5) is 20.2. The molecule has 0 unspecified atom stereocenters. The van der Waals surface area contributed by atoms with Crippen molar-refractivity contribution in [2.24, 2.45) is 0 Å². The summed E-state index contributed by atoms with van der Waals surface area (Å²) < 4.78 is 0. The van der Waals surface area contributed by atoms with Gasteiger partial charge in [-0.1, -0.05) is 30.1 Å². The molecule has 0 aliphatic rings. The fourth-order valence-corrected chi connectivity index (χ4v) is 1.85. The maximum absolute atomic E-state index is 12.0. The lowest BCUT2D eigenvalue weighted by molar-refractivity contribution is 0.102. The van der Waals surface area contributed by atoms with Crippen LogP contribution in [0.4, 0.5) is 11.6 Å². The number of halogens is 2. The zero-order valence-corrected chi connectivity index (χ0v) is 12.9. The Morgan fingerprint density at radius 3 is 2.52 bits per heavy atom. The highest BCUT2D eigenvalue weighted by molar-refractivity contribution is 6.42. The van der Waals surface area contributed by atoms with Crippen LogP contribution < -0.4 is 10.6 Å². The largest absolute Gasteiger partial charge is 0.354 e. The molecule has 1 amide bonds. The van der Waals surface area contributed by atoms with Gasteiger partial charge in [0.05, 0.1) is 15.6 Å². The lowest BCUT2D eigenvalue weighted by Gasteiger charge is -2.07. The molecule has 0 aliphatic carbocycles. The number of hydrogen-bond donors (Lipinski definition) is 2. The van der Waals surface area contributed by atoms with Crippen LogP contribution in [0.3, 0.4) is 0 Å². The van der Waals surface area contributed by atoms with Crippen molar-refractivity contribution >= 4 is 40.7 Å². The Hall–Kier alpha value is -1.85. The van der Waals surface area contributed by atoms with Gasteiger partial charge < -0.3 is 10.6 Å². The zero-order chi connectivity index (χ0) is 15.2. The number of anilines is 2. The van der Waals surface area contributed by atoms with Gasteiger partial charge in [0, 0.05) is 24.6 Å². The van der Waals surface area contributed by atoms with Crippen LogP contribution in [0.5, 0.6) is 0 Å². The fraction of sp³-hybridized carbons (Fsp3) is 0.214. The molecule has 21 heavy (non-hydrogen) atoms. The zero-order valence-electron chi connectivity index (χ0n) is 11.4. The van der Waals surface area contributed by atoms with Gasteiger partial charge in [-0.15, -0.1) is 0 Å². The maximum Gasteiger partial charge on any atom is 0.258 e. The van der Waals surface area contributed by atoms with Crippen molar-refractivity contribution in [3.05, 3.63) is 46.2 Å². The van der Waals surface area contributed by atoms with Crippen molar-refractivity contribution in [2.75, 3.05) is 17.2 Å². The molecule has 2 rings (SSSR count). The molecular formula is C14H14Cl2N4O. The molecule has 0 saturated carbocycles. The average Bonchev–Trinajstić information content (AvgIpc) is 2.49. The SMILES string of the molecule is CCCNc1ncc(C(=O)Nc2ccc(Cl)c(Cl)c2)cn1. The first-order valence-electron chi connectivity index (χ1n) is 6.42. The number of nitrogens with one attached hydrogen (secondary N) is 2. The Kier molecular flexibility index (Phi) is 5.36. The van der Waals surface area contributed by atoms with Crippen molar-refractivity contribution in [3.8, 4) is 0 Å². The number of rotatable bonds is 5. The van der Waals surface area contributed by atoms with Crippen molar-refractivity contribution in [3.63, 3.8) is 0 Å². The Morgan fingerprint density at radius 2 is 1.90 bits per heavy atom. The Labute approximate surface area is 132 Å². The Morgan fingerprint density at radius 1 is 1.19 bits per heavy atom. The van der Waals surface area contributed by atoms with Crippen molar-refractivity contribution in [1.29, 1.82) is 0 Å². The first-order chi connectivity index (χ1) is 10.1. The summed E-state index contributed by atoms with van der Waals surface area (Å²) in [6, 6.07) is 4.87. The topological polar surface area (TPSA) is 66.9 Å². The molecule has 0 saturated heterocycles. The van der Waals surface area contributed by atoms with Crippen molar-refractivity contribution in [1.82, 2.24) is 9.97 Å². The number of benzene rings is 1. The number of carbonyl (C=O) groups excluding carboxylic acids is 1. The van der Waals surface area contributed by atoms with Crippen molar-refractivity contribution in [2.45, 2.75) is 13.3 Å². The minimum atomic E-state index is -0.310. The molecular weight excluding hydrogens is 311 g/mol. The molecule has 1 heterocycles. The van der Waals surface area contributed by atoms with E-state index in [2.05, 4.69) is 20.6 Å². The summed E-state index contributed by atoms with van der Waals surface area (Å²) >= 11 is 11.7. The molecule has 0 aliphatic heterocycles. The average molecular weight is 325 g/mol. The van der Waals surface area contributed by atoms with E-state index in [1.54, 1.807) is 18.2 Å². The maximum atomic E-state index is 12.0. The van der Waals surface area contributed by atoms with Gasteiger partial charge >= 0.3 is 0 Å². The smallest absolute Gasteiger partial charge is 0.258 e. The highest BCUT2D eigenvalue weighted by Crippen LogP contribution is 2.25. The van der Waals surface area contributed by atoms with Crippen LogP contribution in [-0.4, -0.2) is 22.4 Å². The fourth-order valence-electron chi connectivity index (χ4n) is 1.55. The van der Waals surface area contributed by atoms with E-state index in [-0.39, 0.29) is 5.91 Å². The first kappa shape index (κ1) is 15.5. The van der Waals surface area contributed by atoms with E-state index in [0.717, 1.165) is 13.0 Å². The molecule has 0 atom stereocenters. The second kappa shape index (κ2) is 7.24. The van der Waals surface area contributed by atoms with E-state index in [0.29, 0.717) is 27.2 Å². The quantitative estimate of drug-likeness (QED) is 0.876. The van der Waals surface area contributed by atoms with Gasteiger partial charge in [-0.2, -0.15) is 0 Å². The highest BCUT2D eigenvalue weighted by Gasteiger charge is 2.08. The summed E-state index contributed by atoms with van der Waals surface area (Å²) in [6.07, 6.45) is 3.92. The Bertz CT molecular complexity index is 631. The van der Waals surface area contributed by atoms with Crippen LogP contribution >= 0.6 is 23.2 Å².